The summed E-state index contributed by atoms with van der Waals surface area (Å²) in [6, 6.07) is 19.9. The van der Waals surface area contributed by atoms with Crippen molar-refractivity contribution in [2.75, 3.05) is 5.32 Å². The van der Waals surface area contributed by atoms with Crippen LogP contribution < -0.4 is 9.50 Å². The van der Waals surface area contributed by atoms with Gasteiger partial charge in [-0.2, -0.15) is 8.42 Å². The summed E-state index contributed by atoms with van der Waals surface area (Å²) in [5, 5.41) is 3.37. The Morgan fingerprint density at radius 3 is 2.30 bits per heavy atom. The highest BCUT2D eigenvalue weighted by molar-refractivity contribution is 7.87. The summed E-state index contributed by atoms with van der Waals surface area (Å²) in [7, 11) is -3.88. The summed E-state index contributed by atoms with van der Waals surface area (Å²) >= 11 is 0. The maximum atomic E-state index is 12.6. The maximum absolute atomic E-state index is 12.6. The lowest BCUT2D eigenvalue weighted by Gasteiger charge is -2.14. The lowest BCUT2D eigenvalue weighted by molar-refractivity contribution is 0.483. The fraction of sp³-hybridized carbons (Fsp3) is 0.182. The monoisotopic (exact) mass is 381 g/mol. The SMILES string of the molecule is Cc1ccc(S(=O)(=O)Oc2ccccc2CNc2cccc(C)c2C)cc1. The molecule has 0 saturated heterocycles. The molecule has 0 bridgehead atoms. The topological polar surface area (TPSA) is 55.4 Å². The van der Waals surface area contributed by atoms with E-state index in [0.717, 1.165) is 16.8 Å². The van der Waals surface area contributed by atoms with Crippen molar-refractivity contribution in [3.05, 3.63) is 89.0 Å². The van der Waals surface area contributed by atoms with Gasteiger partial charge >= 0.3 is 10.1 Å². The fourth-order valence-electron chi connectivity index (χ4n) is 2.74. The first kappa shape index (κ1) is 19.0. The number of hydrogen-bond acceptors (Lipinski definition) is 4. The van der Waals surface area contributed by atoms with Crippen molar-refractivity contribution in [3.63, 3.8) is 0 Å². The van der Waals surface area contributed by atoms with Gasteiger partial charge in [-0.15, -0.1) is 0 Å². The molecule has 0 radical (unpaired) electrons. The first-order valence-electron chi connectivity index (χ1n) is 8.76. The summed E-state index contributed by atoms with van der Waals surface area (Å²) in [5.41, 5.74) is 5.15. The predicted octanol–water partition coefficient (Wildman–Crippen LogP) is 4.99. The van der Waals surface area contributed by atoms with E-state index in [9.17, 15) is 8.42 Å². The van der Waals surface area contributed by atoms with Crippen LogP contribution in [0.25, 0.3) is 0 Å². The van der Waals surface area contributed by atoms with E-state index in [1.807, 2.05) is 31.2 Å². The fourth-order valence-corrected chi connectivity index (χ4v) is 3.70. The maximum Gasteiger partial charge on any atom is 0.339 e. The molecule has 3 aromatic rings. The molecule has 0 saturated carbocycles. The standard InChI is InChI=1S/C22H23NO3S/c1-16-11-13-20(14-12-16)27(24,25)26-22-10-5-4-8-19(22)15-23-21-9-6-7-17(2)18(21)3/h4-14,23H,15H2,1-3H3. The zero-order valence-electron chi connectivity index (χ0n) is 15.7. The molecule has 0 aromatic heterocycles. The minimum absolute atomic E-state index is 0.144. The molecule has 0 aliphatic rings. The average Bonchev–Trinajstić information content (AvgIpc) is 2.64. The van der Waals surface area contributed by atoms with Gasteiger partial charge in [0.25, 0.3) is 0 Å². The van der Waals surface area contributed by atoms with Gasteiger partial charge in [-0.3, -0.25) is 0 Å². The Labute approximate surface area is 161 Å². The highest BCUT2D eigenvalue weighted by Gasteiger charge is 2.18. The molecule has 0 fully saturated rings. The van der Waals surface area contributed by atoms with E-state index in [1.165, 1.54) is 11.1 Å². The minimum atomic E-state index is -3.88. The predicted molar refractivity (Wildman–Crippen MR) is 109 cm³/mol. The largest absolute Gasteiger partial charge is 0.381 e. The zero-order chi connectivity index (χ0) is 19.4. The van der Waals surface area contributed by atoms with Crippen LogP contribution in [-0.4, -0.2) is 8.42 Å². The summed E-state index contributed by atoms with van der Waals surface area (Å²) in [4.78, 5) is 0.144. The molecule has 140 valence electrons. The van der Waals surface area contributed by atoms with Crippen molar-refractivity contribution in [2.24, 2.45) is 0 Å². The summed E-state index contributed by atoms with van der Waals surface area (Å²) in [6.07, 6.45) is 0. The van der Waals surface area contributed by atoms with E-state index in [0.29, 0.717) is 12.3 Å². The van der Waals surface area contributed by atoms with E-state index < -0.39 is 10.1 Å². The van der Waals surface area contributed by atoms with Gasteiger partial charge in [-0.05, 0) is 56.2 Å². The van der Waals surface area contributed by atoms with Gasteiger partial charge in [-0.1, -0.05) is 48.0 Å². The van der Waals surface area contributed by atoms with E-state index in [-0.39, 0.29) is 4.90 Å². The van der Waals surface area contributed by atoms with Gasteiger partial charge < -0.3 is 9.50 Å². The van der Waals surface area contributed by atoms with Crippen LogP contribution in [0.4, 0.5) is 5.69 Å². The van der Waals surface area contributed by atoms with Crippen molar-refractivity contribution in [3.8, 4) is 5.75 Å². The lowest BCUT2D eigenvalue weighted by atomic mass is 10.1. The van der Waals surface area contributed by atoms with Crippen LogP contribution in [0.3, 0.4) is 0 Å². The number of anilines is 1. The highest BCUT2D eigenvalue weighted by atomic mass is 32.2. The smallest absolute Gasteiger partial charge is 0.339 e. The van der Waals surface area contributed by atoms with E-state index in [1.54, 1.807) is 36.4 Å². The molecule has 5 heteroatoms. The van der Waals surface area contributed by atoms with Crippen LogP contribution in [0.1, 0.15) is 22.3 Å². The first-order valence-corrected chi connectivity index (χ1v) is 10.2. The minimum Gasteiger partial charge on any atom is -0.381 e. The first-order chi connectivity index (χ1) is 12.9. The molecule has 0 unspecified atom stereocenters. The Bertz CT molecular complexity index is 1040. The summed E-state index contributed by atoms with van der Waals surface area (Å²) in [6.45, 7) is 6.49. The number of nitrogens with one attached hydrogen (secondary N) is 1. The molecule has 1 N–H and O–H groups in total. The van der Waals surface area contributed by atoms with E-state index >= 15 is 0 Å². The third-order valence-electron chi connectivity index (χ3n) is 4.56. The molecule has 0 spiro atoms. The molecule has 3 aromatic carbocycles. The van der Waals surface area contributed by atoms with Gasteiger partial charge in [0.2, 0.25) is 0 Å². The van der Waals surface area contributed by atoms with Gasteiger partial charge in [0.05, 0.1) is 0 Å². The number of hydrogen-bond donors (Lipinski definition) is 1. The average molecular weight is 381 g/mol. The quantitative estimate of drug-likeness (QED) is 0.611. The zero-order valence-corrected chi connectivity index (χ0v) is 16.5. The van der Waals surface area contributed by atoms with Crippen molar-refractivity contribution >= 4 is 15.8 Å². The molecule has 0 aliphatic heterocycles. The number of aryl methyl sites for hydroxylation is 2. The van der Waals surface area contributed by atoms with E-state index in [2.05, 4.69) is 25.2 Å². The second-order valence-corrected chi connectivity index (χ2v) is 8.11. The Morgan fingerprint density at radius 1 is 0.852 bits per heavy atom. The number of benzene rings is 3. The Morgan fingerprint density at radius 2 is 1.56 bits per heavy atom. The van der Waals surface area contributed by atoms with Crippen LogP contribution in [0.15, 0.2) is 71.6 Å². The van der Waals surface area contributed by atoms with Crippen molar-refractivity contribution < 1.29 is 12.6 Å². The number of rotatable bonds is 6. The molecule has 0 amide bonds. The Balaban J connectivity index is 1.81. The molecular formula is C22H23NO3S. The van der Waals surface area contributed by atoms with Crippen molar-refractivity contribution in [1.29, 1.82) is 0 Å². The third kappa shape index (κ3) is 4.49. The third-order valence-corrected chi connectivity index (χ3v) is 5.80. The van der Waals surface area contributed by atoms with Crippen LogP contribution >= 0.6 is 0 Å². The normalized spacial score (nSPS) is 11.2. The highest BCUT2D eigenvalue weighted by Crippen LogP contribution is 2.25. The molecule has 0 aliphatic carbocycles. The Kier molecular flexibility index (Phi) is 5.51. The van der Waals surface area contributed by atoms with Gasteiger partial charge in [0.1, 0.15) is 10.6 Å². The number of para-hydroxylation sites is 1. The van der Waals surface area contributed by atoms with Crippen molar-refractivity contribution in [1.82, 2.24) is 0 Å². The molecular weight excluding hydrogens is 358 g/mol. The van der Waals surface area contributed by atoms with Crippen molar-refractivity contribution in [2.45, 2.75) is 32.2 Å². The van der Waals surface area contributed by atoms with Gasteiger partial charge in [0, 0.05) is 17.8 Å². The summed E-state index contributed by atoms with van der Waals surface area (Å²) in [5.74, 6) is 0.330. The van der Waals surface area contributed by atoms with Gasteiger partial charge in [-0.25, -0.2) is 0 Å². The van der Waals surface area contributed by atoms with Crippen LogP contribution in [0, 0.1) is 20.8 Å². The van der Waals surface area contributed by atoms with Gasteiger partial charge in [0.15, 0.2) is 0 Å². The second-order valence-electron chi connectivity index (χ2n) is 6.56. The molecule has 3 rings (SSSR count). The second kappa shape index (κ2) is 7.84. The molecule has 0 heterocycles. The lowest BCUT2D eigenvalue weighted by Crippen LogP contribution is -2.12. The Hall–Kier alpha value is -2.79. The molecule has 4 nitrogen and oxygen atoms in total. The molecule has 27 heavy (non-hydrogen) atoms. The van der Waals surface area contributed by atoms with Crippen LogP contribution in [-0.2, 0) is 16.7 Å². The van der Waals surface area contributed by atoms with E-state index in [4.69, 9.17) is 4.18 Å². The summed E-state index contributed by atoms with van der Waals surface area (Å²) < 4.78 is 30.6. The van der Waals surface area contributed by atoms with Crippen LogP contribution in [0.2, 0.25) is 0 Å². The van der Waals surface area contributed by atoms with Crippen LogP contribution in [0.5, 0.6) is 5.75 Å². The molecule has 0 atom stereocenters.